The Kier molecular flexibility index (Phi) is 13.2. The zero-order valence-corrected chi connectivity index (χ0v) is 18.2. The number of halogens is 1. The average Bonchev–Trinajstić information content (AvgIpc) is 2.59. The molecule has 6 heteroatoms. The number of nitrogens with one attached hydrogen (secondary N) is 3. The first-order chi connectivity index (χ1) is 11.6. The Morgan fingerprint density at radius 1 is 1.12 bits per heavy atom. The molecule has 0 spiro atoms. The van der Waals surface area contributed by atoms with E-state index in [0.717, 1.165) is 17.9 Å². The van der Waals surface area contributed by atoms with Crippen LogP contribution in [0.2, 0.25) is 0 Å². The third-order valence-electron chi connectivity index (χ3n) is 3.86. The molecule has 142 valence electrons. The number of hydrogen-bond donors (Lipinski definition) is 3. The second-order valence-electron chi connectivity index (χ2n) is 6.02. The molecular weight excluding hydrogens is 427 g/mol. The molecular formula is C19H33IN4O. The molecule has 1 rings (SSSR count). The Morgan fingerprint density at radius 3 is 2.36 bits per heavy atom. The number of rotatable bonds is 9. The minimum Gasteiger partial charge on any atom is -0.354 e. The van der Waals surface area contributed by atoms with E-state index in [9.17, 15) is 4.79 Å². The molecule has 1 atom stereocenters. The van der Waals surface area contributed by atoms with Crippen molar-refractivity contribution in [3.63, 3.8) is 0 Å². The first-order valence-electron chi connectivity index (χ1n) is 8.95. The Bertz CT molecular complexity index is 517. The summed E-state index contributed by atoms with van der Waals surface area (Å²) in [7, 11) is 1.78. The number of carbonyl (C=O) groups excluding carboxylic acids is 1. The van der Waals surface area contributed by atoms with Crippen molar-refractivity contribution in [1.29, 1.82) is 0 Å². The summed E-state index contributed by atoms with van der Waals surface area (Å²) in [4.78, 5) is 16.0. The molecule has 0 radical (unpaired) electrons. The number of nitrogens with zero attached hydrogens (tertiary/aromatic N) is 1. The van der Waals surface area contributed by atoms with Crippen LogP contribution >= 0.6 is 24.0 Å². The summed E-state index contributed by atoms with van der Waals surface area (Å²) in [5.74, 6) is 0.780. The highest BCUT2D eigenvalue weighted by atomic mass is 127. The van der Waals surface area contributed by atoms with Crippen LogP contribution < -0.4 is 16.0 Å². The summed E-state index contributed by atoms with van der Waals surface area (Å²) < 4.78 is 0. The van der Waals surface area contributed by atoms with Crippen molar-refractivity contribution in [1.82, 2.24) is 16.0 Å². The maximum absolute atomic E-state index is 11.7. The second kappa shape index (κ2) is 13.9. The molecule has 0 saturated heterocycles. The molecule has 0 fully saturated rings. The minimum absolute atomic E-state index is 0. The Balaban J connectivity index is 0.00000576. The lowest BCUT2D eigenvalue weighted by Crippen LogP contribution is -2.41. The van der Waals surface area contributed by atoms with Crippen molar-refractivity contribution in [2.24, 2.45) is 4.99 Å². The molecule has 0 bridgehead atoms. The zero-order valence-electron chi connectivity index (χ0n) is 15.9. The first kappa shape index (κ1) is 23.7. The Hall–Kier alpha value is -1.31. The van der Waals surface area contributed by atoms with Crippen molar-refractivity contribution in [3.05, 3.63) is 35.4 Å². The fraction of sp³-hybridized carbons (Fsp3) is 0.579. The number of carbonyl (C=O) groups is 1. The van der Waals surface area contributed by atoms with Gasteiger partial charge in [-0.05, 0) is 38.0 Å². The van der Waals surface area contributed by atoms with Crippen molar-refractivity contribution in [2.75, 3.05) is 13.6 Å². The predicted molar refractivity (Wildman–Crippen MR) is 117 cm³/mol. The lowest BCUT2D eigenvalue weighted by atomic mass is 10.1. The van der Waals surface area contributed by atoms with Gasteiger partial charge >= 0.3 is 0 Å². The molecule has 0 aromatic heterocycles. The maximum atomic E-state index is 11.7. The molecule has 1 unspecified atom stereocenters. The van der Waals surface area contributed by atoms with Gasteiger partial charge in [0.15, 0.2) is 5.96 Å². The van der Waals surface area contributed by atoms with Crippen LogP contribution in [0.5, 0.6) is 0 Å². The van der Waals surface area contributed by atoms with Crippen LogP contribution in [0.15, 0.2) is 29.3 Å². The molecule has 0 saturated carbocycles. The molecule has 0 aliphatic heterocycles. The van der Waals surface area contributed by atoms with E-state index in [0.29, 0.717) is 24.7 Å². The highest BCUT2D eigenvalue weighted by Gasteiger charge is 2.06. The lowest BCUT2D eigenvalue weighted by Gasteiger charge is -2.18. The van der Waals surface area contributed by atoms with Gasteiger partial charge in [-0.2, -0.15) is 0 Å². The molecule has 1 aromatic rings. The van der Waals surface area contributed by atoms with Crippen molar-refractivity contribution < 1.29 is 4.79 Å². The number of hydrogen-bond acceptors (Lipinski definition) is 2. The monoisotopic (exact) mass is 460 g/mol. The summed E-state index contributed by atoms with van der Waals surface area (Å²) in [5, 5.41) is 9.54. The normalized spacial score (nSPS) is 12.1. The van der Waals surface area contributed by atoms with E-state index in [1.807, 2.05) is 31.2 Å². The number of aliphatic imine (C=N–C) groups is 1. The van der Waals surface area contributed by atoms with Gasteiger partial charge in [0, 0.05) is 31.7 Å². The Morgan fingerprint density at radius 2 is 1.80 bits per heavy atom. The first-order valence-corrected chi connectivity index (χ1v) is 8.95. The van der Waals surface area contributed by atoms with E-state index < -0.39 is 0 Å². The van der Waals surface area contributed by atoms with Crippen molar-refractivity contribution in [3.8, 4) is 0 Å². The summed E-state index contributed by atoms with van der Waals surface area (Å²) in [6, 6.07) is 8.05. The quantitative estimate of drug-likeness (QED) is 0.228. The van der Waals surface area contributed by atoms with Gasteiger partial charge in [0.1, 0.15) is 0 Å². The fourth-order valence-electron chi connectivity index (χ4n) is 2.42. The third kappa shape index (κ3) is 9.67. The van der Waals surface area contributed by atoms with Crippen LogP contribution in [0, 0.1) is 0 Å². The van der Waals surface area contributed by atoms with E-state index in [-0.39, 0.29) is 29.9 Å². The van der Waals surface area contributed by atoms with Crippen LogP contribution in [-0.2, 0) is 6.54 Å². The van der Waals surface area contributed by atoms with Crippen molar-refractivity contribution in [2.45, 2.75) is 59.0 Å². The van der Waals surface area contributed by atoms with Gasteiger partial charge in [-0.3, -0.25) is 9.79 Å². The standard InChI is InChI=1S/C19H32N4O.HI/c1-5-7-8-9-15(3)23-19(20-4)22-14-16-10-12-17(13-11-16)18(24)21-6-2;/h10-13,15H,5-9,14H2,1-4H3,(H,21,24)(H2,20,22,23);1H. The van der Waals surface area contributed by atoms with Gasteiger partial charge in [0.2, 0.25) is 0 Å². The smallest absolute Gasteiger partial charge is 0.251 e. The predicted octanol–water partition coefficient (Wildman–Crippen LogP) is 3.69. The van der Waals surface area contributed by atoms with E-state index in [1.165, 1.54) is 19.3 Å². The van der Waals surface area contributed by atoms with Crippen molar-refractivity contribution >= 4 is 35.8 Å². The SMILES string of the molecule is CCCCCC(C)NC(=NC)NCc1ccc(C(=O)NCC)cc1.I. The van der Waals surface area contributed by atoms with Gasteiger partial charge in [0.05, 0.1) is 0 Å². The average molecular weight is 460 g/mol. The van der Waals surface area contributed by atoms with Gasteiger partial charge in [-0.25, -0.2) is 0 Å². The second-order valence-corrected chi connectivity index (χ2v) is 6.02. The molecule has 1 aromatic carbocycles. The molecule has 0 aliphatic carbocycles. The lowest BCUT2D eigenvalue weighted by molar-refractivity contribution is 0.0956. The van der Waals surface area contributed by atoms with Crippen LogP contribution in [0.3, 0.4) is 0 Å². The Labute approximate surface area is 169 Å². The van der Waals surface area contributed by atoms with E-state index in [2.05, 4.69) is 34.8 Å². The molecule has 25 heavy (non-hydrogen) atoms. The minimum atomic E-state index is -0.0320. The number of benzene rings is 1. The summed E-state index contributed by atoms with van der Waals surface area (Å²) >= 11 is 0. The van der Waals surface area contributed by atoms with E-state index in [1.54, 1.807) is 7.05 Å². The topological polar surface area (TPSA) is 65.5 Å². The van der Waals surface area contributed by atoms with E-state index in [4.69, 9.17) is 0 Å². The molecule has 1 amide bonds. The summed E-state index contributed by atoms with van der Waals surface area (Å²) in [6.45, 7) is 7.63. The largest absolute Gasteiger partial charge is 0.354 e. The fourth-order valence-corrected chi connectivity index (χ4v) is 2.42. The number of amides is 1. The van der Waals surface area contributed by atoms with Crippen LogP contribution in [0.1, 0.15) is 62.4 Å². The molecule has 5 nitrogen and oxygen atoms in total. The van der Waals surface area contributed by atoms with Crippen LogP contribution in [0.4, 0.5) is 0 Å². The molecule has 0 heterocycles. The van der Waals surface area contributed by atoms with Gasteiger partial charge in [-0.1, -0.05) is 38.3 Å². The van der Waals surface area contributed by atoms with Gasteiger partial charge < -0.3 is 16.0 Å². The highest BCUT2D eigenvalue weighted by molar-refractivity contribution is 14.0. The van der Waals surface area contributed by atoms with Crippen LogP contribution in [-0.4, -0.2) is 31.5 Å². The maximum Gasteiger partial charge on any atom is 0.251 e. The molecule has 0 aliphatic rings. The number of unbranched alkanes of at least 4 members (excludes halogenated alkanes) is 2. The number of guanidine groups is 1. The molecule has 3 N–H and O–H groups in total. The summed E-state index contributed by atoms with van der Waals surface area (Å²) in [5.41, 5.74) is 1.80. The van der Waals surface area contributed by atoms with Gasteiger partial charge in [-0.15, -0.1) is 24.0 Å². The third-order valence-corrected chi connectivity index (χ3v) is 3.86. The van der Waals surface area contributed by atoms with Crippen LogP contribution in [0.25, 0.3) is 0 Å². The van der Waals surface area contributed by atoms with E-state index >= 15 is 0 Å². The van der Waals surface area contributed by atoms with Gasteiger partial charge in [0.25, 0.3) is 5.91 Å². The zero-order chi connectivity index (χ0) is 17.8. The summed E-state index contributed by atoms with van der Waals surface area (Å²) in [6.07, 6.45) is 4.90. The highest BCUT2D eigenvalue weighted by Crippen LogP contribution is 2.05.